The van der Waals surface area contributed by atoms with Crippen molar-refractivity contribution in [3.05, 3.63) is 29.6 Å². The summed E-state index contributed by atoms with van der Waals surface area (Å²) < 4.78 is 38.8. The summed E-state index contributed by atoms with van der Waals surface area (Å²) in [5.74, 6) is -2.27. The molecular formula is C12H13FN2O4S. The van der Waals surface area contributed by atoms with Gasteiger partial charge in [0.1, 0.15) is 18.4 Å². The van der Waals surface area contributed by atoms with E-state index >= 15 is 0 Å². The van der Waals surface area contributed by atoms with Crippen molar-refractivity contribution in [2.75, 3.05) is 6.54 Å². The molecule has 0 saturated carbocycles. The Bertz CT molecular complexity index is 665. The van der Waals surface area contributed by atoms with Gasteiger partial charge in [0, 0.05) is 6.04 Å². The van der Waals surface area contributed by atoms with Crippen LogP contribution in [0.2, 0.25) is 0 Å². The number of carbonyl (C=O) groups is 1. The lowest BCUT2D eigenvalue weighted by Crippen LogP contribution is -2.40. The second-order valence-electron chi connectivity index (χ2n) is 4.29. The molecule has 0 amide bonds. The van der Waals surface area contributed by atoms with Gasteiger partial charge in [0.05, 0.1) is 10.5 Å². The Morgan fingerprint density at radius 3 is 2.50 bits per heavy atom. The van der Waals surface area contributed by atoms with E-state index in [9.17, 15) is 17.6 Å². The van der Waals surface area contributed by atoms with Crippen molar-refractivity contribution >= 4 is 16.0 Å². The number of carboxylic acid groups (broad SMARTS) is 1. The number of nitrogens with zero attached hydrogens (tertiary/aromatic N) is 2. The molecule has 20 heavy (non-hydrogen) atoms. The number of benzene rings is 1. The third kappa shape index (κ3) is 3.31. The molecule has 1 aromatic carbocycles. The Kier molecular flexibility index (Phi) is 4.81. The van der Waals surface area contributed by atoms with Crippen molar-refractivity contribution < 1.29 is 22.7 Å². The molecule has 0 heterocycles. The van der Waals surface area contributed by atoms with Crippen LogP contribution in [0.25, 0.3) is 0 Å². The molecule has 0 radical (unpaired) electrons. The Balaban J connectivity index is 3.30. The van der Waals surface area contributed by atoms with Gasteiger partial charge >= 0.3 is 5.97 Å². The number of aliphatic carboxylic acids is 1. The average Bonchev–Trinajstić information content (AvgIpc) is 2.35. The largest absolute Gasteiger partial charge is 0.480 e. The Morgan fingerprint density at radius 2 is 2.10 bits per heavy atom. The van der Waals surface area contributed by atoms with Gasteiger partial charge < -0.3 is 5.11 Å². The maximum atomic E-state index is 13.5. The molecular weight excluding hydrogens is 287 g/mol. The van der Waals surface area contributed by atoms with Gasteiger partial charge in [-0.3, -0.25) is 4.79 Å². The molecule has 0 spiro atoms. The molecule has 8 heteroatoms. The molecule has 0 bridgehead atoms. The van der Waals surface area contributed by atoms with Crippen LogP contribution in [-0.2, 0) is 14.8 Å². The first-order valence-corrected chi connectivity index (χ1v) is 7.07. The van der Waals surface area contributed by atoms with E-state index in [0.29, 0.717) is 6.07 Å². The van der Waals surface area contributed by atoms with Gasteiger partial charge in [-0.15, -0.1) is 0 Å². The average molecular weight is 300 g/mol. The monoisotopic (exact) mass is 300 g/mol. The van der Waals surface area contributed by atoms with Crippen LogP contribution in [-0.4, -0.2) is 36.4 Å². The van der Waals surface area contributed by atoms with E-state index in [1.165, 1.54) is 13.8 Å². The molecule has 0 fully saturated rings. The molecule has 1 rings (SSSR count). The van der Waals surface area contributed by atoms with E-state index in [4.69, 9.17) is 10.4 Å². The van der Waals surface area contributed by atoms with E-state index in [2.05, 4.69) is 0 Å². The number of rotatable bonds is 5. The topological polar surface area (TPSA) is 98.5 Å². The normalized spacial score (nSPS) is 11.6. The van der Waals surface area contributed by atoms with Crippen LogP contribution in [0.4, 0.5) is 4.39 Å². The Hall–Kier alpha value is -1.98. The first kappa shape index (κ1) is 16.1. The Morgan fingerprint density at radius 1 is 1.50 bits per heavy atom. The predicted octanol–water partition coefficient (Wildman–Crippen LogP) is 1.18. The SMILES string of the molecule is CC(C)N(CC(=O)O)S(=O)(=O)c1ccc(C#N)c(F)c1. The minimum Gasteiger partial charge on any atom is -0.480 e. The second kappa shape index (κ2) is 5.98. The van der Waals surface area contributed by atoms with Crippen molar-refractivity contribution in [1.82, 2.24) is 4.31 Å². The van der Waals surface area contributed by atoms with E-state index in [0.717, 1.165) is 16.4 Å². The number of hydrogen-bond donors (Lipinski definition) is 1. The standard InChI is InChI=1S/C12H13FN2O4S/c1-8(2)15(7-12(16)17)20(18,19)10-4-3-9(6-14)11(13)5-10/h3-5,8H,7H2,1-2H3,(H,16,17). The zero-order valence-electron chi connectivity index (χ0n) is 10.9. The van der Waals surface area contributed by atoms with Gasteiger partial charge in [-0.2, -0.15) is 9.57 Å². The molecule has 0 aromatic heterocycles. The summed E-state index contributed by atoms with van der Waals surface area (Å²) in [6.45, 7) is 2.31. The lowest BCUT2D eigenvalue weighted by molar-refractivity contribution is -0.137. The van der Waals surface area contributed by atoms with Crippen LogP contribution < -0.4 is 0 Å². The number of halogens is 1. The third-order valence-electron chi connectivity index (χ3n) is 2.53. The molecule has 0 unspecified atom stereocenters. The summed E-state index contributed by atoms with van der Waals surface area (Å²) in [7, 11) is -4.14. The molecule has 0 aliphatic rings. The third-order valence-corrected chi connectivity index (χ3v) is 4.55. The van der Waals surface area contributed by atoms with E-state index in [-0.39, 0.29) is 10.5 Å². The molecule has 6 nitrogen and oxygen atoms in total. The summed E-state index contributed by atoms with van der Waals surface area (Å²) in [6, 6.07) is 3.81. The highest BCUT2D eigenvalue weighted by Crippen LogP contribution is 2.20. The van der Waals surface area contributed by atoms with Crippen LogP contribution in [0, 0.1) is 17.1 Å². The van der Waals surface area contributed by atoms with Gasteiger partial charge in [-0.1, -0.05) is 0 Å². The lowest BCUT2D eigenvalue weighted by Gasteiger charge is -2.24. The fourth-order valence-electron chi connectivity index (χ4n) is 1.56. The van der Waals surface area contributed by atoms with Gasteiger partial charge in [0.2, 0.25) is 10.0 Å². The number of carboxylic acids is 1. The molecule has 0 aliphatic heterocycles. The van der Waals surface area contributed by atoms with E-state index in [1.807, 2.05) is 0 Å². The summed E-state index contributed by atoms with van der Waals surface area (Å²) in [5.41, 5.74) is -0.279. The fourth-order valence-corrected chi connectivity index (χ4v) is 3.16. The van der Waals surface area contributed by atoms with Crippen LogP contribution in [0.5, 0.6) is 0 Å². The van der Waals surface area contributed by atoms with Crippen molar-refractivity contribution in [2.45, 2.75) is 24.8 Å². The van der Waals surface area contributed by atoms with Gasteiger partial charge in [-0.05, 0) is 32.0 Å². The molecule has 1 N–H and O–H groups in total. The smallest absolute Gasteiger partial charge is 0.318 e. The van der Waals surface area contributed by atoms with Gasteiger partial charge in [0.15, 0.2) is 0 Å². The highest BCUT2D eigenvalue weighted by Gasteiger charge is 2.29. The van der Waals surface area contributed by atoms with E-state index in [1.54, 1.807) is 6.07 Å². The van der Waals surface area contributed by atoms with Gasteiger partial charge in [0.25, 0.3) is 0 Å². The highest BCUT2D eigenvalue weighted by atomic mass is 32.2. The minimum absolute atomic E-state index is 0.279. The molecule has 1 aromatic rings. The maximum absolute atomic E-state index is 13.5. The van der Waals surface area contributed by atoms with E-state index < -0.39 is 34.4 Å². The zero-order chi connectivity index (χ0) is 15.5. The number of hydrogen-bond acceptors (Lipinski definition) is 4. The summed E-state index contributed by atoms with van der Waals surface area (Å²) in [4.78, 5) is 10.4. The second-order valence-corrected chi connectivity index (χ2v) is 6.18. The summed E-state index contributed by atoms with van der Waals surface area (Å²) in [5, 5.41) is 17.4. The van der Waals surface area contributed by atoms with Crippen molar-refractivity contribution in [2.24, 2.45) is 0 Å². The minimum atomic E-state index is -4.14. The molecule has 0 atom stereocenters. The molecule has 108 valence electrons. The summed E-state index contributed by atoms with van der Waals surface area (Å²) >= 11 is 0. The maximum Gasteiger partial charge on any atom is 0.318 e. The Labute approximate surface area is 116 Å². The first-order chi connectivity index (χ1) is 9.20. The van der Waals surface area contributed by atoms with Gasteiger partial charge in [-0.25, -0.2) is 12.8 Å². The predicted molar refractivity (Wildman–Crippen MR) is 67.8 cm³/mol. The highest BCUT2D eigenvalue weighted by molar-refractivity contribution is 7.89. The first-order valence-electron chi connectivity index (χ1n) is 5.63. The van der Waals surface area contributed by atoms with Crippen LogP contribution >= 0.6 is 0 Å². The van der Waals surface area contributed by atoms with Crippen LogP contribution in [0.15, 0.2) is 23.1 Å². The van der Waals surface area contributed by atoms with Crippen molar-refractivity contribution in [1.29, 1.82) is 5.26 Å². The summed E-state index contributed by atoms with van der Waals surface area (Å²) in [6.07, 6.45) is 0. The number of sulfonamides is 1. The van der Waals surface area contributed by atoms with Crippen LogP contribution in [0.3, 0.4) is 0 Å². The van der Waals surface area contributed by atoms with Crippen molar-refractivity contribution in [3.8, 4) is 6.07 Å². The molecule has 0 saturated heterocycles. The fraction of sp³-hybridized carbons (Fsp3) is 0.333. The quantitative estimate of drug-likeness (QED) is 0.880. The zero-order valence-corrected chi connectivity index (χ0v) is 11.7. The lowest BCUT2D eigenvalue weighted by atomic mass is 10.2. The van der Waals surface area contributed by atoms with Crippen molar-refractivity contribution in [3.63, 3.8) is 0 Å². The van der Waals surface area contributed by atoms with Crippen LogP contribution in [0.1, 0.15) is 19.4 Å². The molecule has 0 aliphatic carbocycles. The number of nitriles is 1.